The summed E-state index contributed by atoms with van der Waals surface area (Å²) in [6, 6.07) is 32.8. The van der Waals surface area contributed by atoms with Crippen molar-refractivity contribution in [2.45, 2.75) is 13.0 Å². The summed E-state index contributed by atoms with van der Waals surface area (Å²) in [6.07, 6.45) is 0.700. The SMILES string of the molecule is O=C(c1cc(-c2ccc(F)cc2)nn1-c1ccc(Cl)c(Cl)c1)N(CCc1ccccc1)Cc1ccccc1. The molecule has 0 saturated heterocycles. The smallest absolute Gasteiger partial charge is 0.272 e. The minimum Gasteiger partial charge on any atom is -0.333 e. The Hall–Kier alpha value is -3.93. The second-order valence-electron chi connectivity index (χ2n) is 8.88. The average molecular weight is 544 g/mol. The molecule has 0 spiro atoms. The Balaban J connectivity index is 1.56. The van der Waals surface area contributed by atoms with Gasteiger partial charge in [0.25, 0.3) is 5.91 Å². The molecule has 190 valence electrons. The number of carbonyl (C=O) groups excluding carboxylic acids is 1. The Morgan fingerprint density at radius 1 is 0.789 bits per heavy atom. The molecular formula is C31H24Cl2FN3O. The Labute approximate surface area is 230 Å². The van der Waals surface area contributed by atoms with Crippen LogP contribution in [0, 0.1) is 5.82 Å². The number of hydrogen-bond acceptors (Lipinski definition) is 2. The van der Waals surface area contributed by atoms with Crippen molar-refractivity contribution in [3.05, 3.63) is 142 Å². The van der Waals surface area contributed by atoms with Crippen molar-refractivity contribution < 1.29 is 9.18 Å². The molecule has 0 saturated carbocycles. The molecule has 7 heteroatoms. The number of carbonyl (C=O) groups is 1. The molecule has 1 aromatic heterocycles. The van der Waals surface area contributed by atoms with E-state index < -0.39 is 0 Å². The third-order valence-electron chi connectivity index (χ3n) is 6.23. The van der Waals surface area contributed by atoms with Crippen molar-refractivity contribution >= 4 is 29.1 Å². The Bertz CT molecular complexity index is 1540. The summed E-state index contributed by atoms with van der Waals surface area (Å²) >= 11 is 12.5. The molecule has 1 amide bonds. The highest BCUT2D eigenvalue weighted by atomic mass is 35.5. The van der Waals surface area contributed by atoms with Gasteiger partial charge in [-0.3, -0.25) is 4.79 Å². The predicted octanol–water partition coefficient (Wildman–Crippen LogP) is 7.87. The monoisotopic (exact) mass is 543 g/mol. The molecule has 0 fully saturated rings. The van der Waals surface area contributed by atoms with Gasteiger partial charge in [-0.05, 0) is 66.1 Å². The van der Waals surface area contributed by atoms with Gasteiger partial charge in [0, 0.05) is 18.7 Å². The van der Waals surface area contributed by atoms with Gasteiger partial charge in [-0.1, -0.05) is 83.9 Å². The van der Waals surface area contributed by atoms with Gasteiger partial charge in [0.05, 0.1) is 21.4 Å². The first kappa shape index (κ1) is 25.7. The second-order valence-corrected chi connectivity index (χ2v) is 9.69. The lowest BCUT2D eigenvalue weighted by Crippen LogP contribution is -2.34. The van der Waals surface area contributed by atoms with Crippen molar-refractivity contribution in [2.75, 3.05) is 6.54 Å². The molecule has 38 heavy (non-hydrogen) atoms. The highest BCUT2D eigenvalue weighted by molar-refractivity contribution is 6.42. The highest BCUT2D eigenvalue weighted by Crippen LogP contribution is 2.28. The number of benzene rings is 4. The topological polar surface area (TPSA) is 38.1 Å². The molecule has 4 aromatic carbocycles. The third kappa shape index (κ3) is 5.96. The van der Waals surface area contributed by atoms with E-state index in [1.807, 2.05) is 53.4 Å². The first-order chi connectivity index (χ1) is 18.5. The molecule has 0 atom stereocenters. The summed E-state index contributed by atoms with van der Waals surface area (Å²) in [7, 11) is 0. The highest BCUT2D eigenvalue weighted by Gasteiger charge is 2.24. The first-order valence-corrected chi connectivity index (χ1v) is 12.9. The van der Waals surface area contributed by atoms with E-state index in [-0.39, 0.29) is 11.7 Å². The molecule has 0 N–H and O–H groups in total. The van der Waals surface area contributed by atoms with E-state index in [0.717, 1.165) is 11.1 Å². The van der Waals surface area contributed by atoms with Crippen molar-refractivity contribution in [3.8, 4) is 16.9 Å². The molecule has 0 bridgehead atoms. The number of halogens is 3. The molecule has 1 heterocycles. The fourth-order valence-corrected chi connectivity index (χ4v) is 4.53. The molecule has 0 aliphatic heterocycles. The lowest BCUT2D eigenvalue weighted by atomic mass is 10.1. The van der Waals surface area contributed by atoms with Gasteiger partial charge >= 0.3 is 0 Å². The fourth-order valence-electron chi connectivity index (χ4n) is 4.24. The molecule has 0 unspecified atom stereocenters. The Morgan fingerprint density at radius 3 is 2.11 bits per heavy atom. The summed E-state index contributed by atoms with van der Waals surface area (Å²) in [5.74, 6) is -0.527. The van der Waals surface area contributed by atoms with Crippen LogP contribution in [0.4, 0.5) is 4.39 Å². The Kier molecular flexibility index (Phi) is 7.87. The Morgan fingerprint density at radius 2 is 1.45 bits per heavy atom. The number of amides is 1. The van der Waals surface area contributed by atoms with Crippen molar-refractivity contribution in [3.63, 3.8) is 0 Å². The van der Waals surface area contributed by atoms with Crippen molar-refractivity contribution in [2.24, 2.45) is 0 Å². The van der Waals surface area contributed by atoms with Gasteiger partial charge in [-0.15, -0.1) is 0 Å². The molecule has 0 aliphatic carbocycles. The van der Waals surface area contributed by atoms with Crippen LogP contribution in [-0.4, -0.2) is 27.1 Å². The second kappa shape index (κ2) is 11.6. The molecule has 0 radical (unpaired) electrons. The predicted molar refractivity (Wildman–Crippen MR) is 150 cm³/mol. The maximum absolute atomic E-state index is 14.2. The van der Waals surface area contributed by atoms with E-state index in [2.05, 4.69) is 12.1 Å². The number of nitrogens with zero attached hydrogens (tertiary/aromatic N) is 3. The van der Waals surface area contributed by atoms with E-state index in [4.69, 9.17) is 28.3 Å². The zero-order chi connectivity index (χ0) is 26.5. The van der Waals surface area contributed by atoms with E-state index in [1.54, 1.807) is 41.1 Å². The van der Waals surface area contributed by atoms with E-state index >= 15 is 0 Å². The first-order valence-electron chi connectivity index (χ1n) is 12.2. The summed E-state index contributed by atoms with van der Waals surface area (Å²) in [4.78, 5) is 16.0. The van der Waals surface area contributed by atoms with E-state index in [9.17, 15) is 9.18 Å². The van der Waals surface area contributed by atoms with Crippen LogP contribution in [0.5, 0.6) is 0 Å². The van der Waals surface area contributed by atoms with E-state index in [0.29, 0.717) is 52.2 Å². The standard InChI is InChI=1S/C31H24Cl2FN3O/c32-27-16-15-26(19-28(27)33)37-30(20-29(35-37)24-11-13-25(34)14-12-24)31(38)36(21-23-9-5-2-6-10-23)18-17-22-7-3-1-4-8-22/h1-16,19-20H,17-18,21H2. The summed E-state index contributed by atoms with van der Waals surface area (Å²) in [6.45, 7) is 0.946. The van der Waals surface area contributed by atoms with Crippen molar-refractivity contribution in [1.29, 1.82) is 0 Å². The number of rotatable bonds is 8. The number of aromatic nitrogens is 2. The molecule has 0 aliphatic rings. The van der Waals surface area contributed by atoms with Gasteiger partial charge in [-0.25, -0.2) is 9.07 Å². The third-order valence-corrected chi connectivity index (χ3v) is 6.97. The van der Waals surface area contributed by atoms with Gasteiger partial charge < -0.3 is 4.90 Å². The van der Waals surface area contributed by atoms with E-state index in [1.165, 1.54) is 12.1 Å². The van der Waals surface area contributed by atoms with Crippen LogP contribution in [-0.2, 0) is 13.0 Å². The zero-order valence-corrected chi connectivity index (χ0v) is 21.9. The lowest BCUT2D eigenvalue weighted by Gasteiger charge is -2.23. The van der Waals surface area contributed by atoms with Gasteiger partial charge in [-0.2, -0.15) is 5.10 Å². The van der Waals surface area contributed by atoms with Crippen LogP contribution in [0.1, 0.15) is 21.6 Å². The molecule has 5 aromatic rings. The average Bonchev–Trinajstić information content (AvgIpc) is 3.39. The van der Waals surface area contributed by atoms with Crippen LogP contribution in [0.25, 0.3) is 16.9 Å². The van der Waals surface area contributed by atoms with Crippen LogP contribution < -0.4 is 0 Å². The maximum Gasteiger partial charge on any atom is 0.272 e. The largest absolute Gasteiger partial charge is 0.333 e. The minimum absolute atomic E-state index is 0.184. The van der Waals surface area contributed by atoms with Crippen LogP contribution in [0.3, 0.4) is 0 Å². The van der Waals surface area contributed by atoms with Gasteiger partial charge in [0.1, 0.15) is 11.5 Å². The van der Waals surface area contributed by atoms with Gasteiger partial charge in [0.15, 0.2) is 0 Å². The zero-order valence-electron chi connectivity index (χ0n) is 20.4. The lowest BCUT2D eigenvalue weighted by molar-refractivity contribution is 0.0736. The van der Waals surface area contributed by atoms with Crippen molar-refractivity contribution in [1.82, 2.24) is 14.7 Å². The normalized spacial score (nSPS) is 10.9. The van der Waals surface area contributed by atoms with Crippen LogP contribution >= 0.6 is 23.2 Å². The fraction of sp³-hybridized carbons (Fsp3) is 0.0968. The maximum atomic E-state index is 14.2. The summed E-state index contributed by atoms with van der Waals surface area (Å²) < 4.78 is 15.2. The molecule has 4 nitrogen and oxygen atoms in total. The number of hydrogen-bond donors (Lipinski definition) is 0. The van der Waals surface area contributed by atoms with Crippen LogP contribution in [0.15, 0.2) is 109 Å². The summed E-state index contributed by atoms with van der Waals surface area (Å²) in [5.41, 5.74) is 4.36. The molecule has 5 rings (SSSR count). The minimum atomic E-state index is -0.344. The molecular weight excluding hydrogens is 520 g/mol. The van der Waals surface area contributed by atoms with Gasteiger partial charge in [0.2, 0.25) is 0 Å². The summed E-state index contributed by atoms with van der Waals surface area (Å²) in [5, 5.41) is 5.48. The van der Waals surface area contributed by atoms with Crippen LogP contribution in [0.2, 0.25) is 10.0 Å². The quantitative estimate of drug-likeness (QED) is 0.199.